The van der Waals surface area contributed by atoms with E-state index in [2.05, 4.69) is 36.8 Å². The lowest BCUT2D eigenvalue weighted by molar-refractivity contribution is -0.131. The molecule has 0 amide bonds. The molecule has 4 nitrogen and oxygen atoms in total. The van der Waals surface area contributed by atoms with Gasteiger partial charge in [0.05, 0.1) is 0 Å². The van der Waals surface area contributed by atoms with Crippen LogP contribution in [0.2, 0.25) is 0 Å². The minimum absolute atomic E-state index is 0.345. The average molecular weight is 352 g/mol. The molecule has 1 heterocycles. The first kappa shape index (κ1) is 19.8. The van der Waals surface area contributed by atoms with Crippen molar-refractivity contribution < 1.29 is 9.90 Å². The Labute approximate surface area is 156 Å². The minimum Gasteiger partial charge on any atom is -0.478 e. The predicted molar refractivity (Wildman–Crippen MR) is 106 cm³/mol. The van der Waals surface area contributed by atoms with Crippen LogP contribution in [0, 0.1) is 0 Å². The van der Waals surface area contributed by atoms with Crippen molar-refractivity contribution in [2.45, 2.75) is 58.8 Å². The van der Waals surface area contributed by atoms with E-state index < -0.39 is 5.97 Å². The highest BCUT2D eigenvalue weighted by atomic mass is 16.4. The summed E-state index contributed by atoms with van der Waals surface area (Å²) in [6.45, 7) is 6.51. The smallest absolute Gasteiger partial charge is 0.328 e. The zero-order valence-corrected chi connectivity index (χ0v) is 15.9. The summed E-state index contributed by atoms with van der Waals surface area (Å²) in [5.41, 5.74) is 4.21. The van der Waals surface area contributed by atoms with Crippen molar-refractivity contribution in [3.8, 4) is 11.4 Å². The fourth-order valence-corrected chi connectivity index (χ4v) is 3.06. The number of hydrogen-bond acceptors (Lipinski definition) is 3. The Bertz CT molecular complexity index is 751. The van der Waals surface area contributed by atoms with Crippen LogP contribution in [0.1, 0.15) is 69.1 Å². The third-order valence-corrected chi connectivity index (χ3v) is 4.53. The molecule has 0 spiro atoms. The van der Waals surface area contributed by atoms with E-state index in [0.29, 0.717) is 11.7 Å². The fourth-order valence-electron chi connectivity index (χ4n) is 3.06. The minimum atomic E-state index is -0.936. The summed E-state index contributed by atoms with van der Waals surface area (Å²) in [5.74, 6) is 0.121. The number of unbranched alkanes of at least 4 members (excludes halogenated alkanes) is 1. The van der Waals surface area contributed by atoms with E-state index >= 15 is 0 Å². The van der Waals surface area contributed by atoms with Gasteiger partial charge in [0.2, 0.25) is 0 Å². The Hall–Kier alpha value is -2.49. The molecule has 1 N–H and O–H groups in total. The lowest BCUT2D eigenvalue weighted by atomic mass is 9.90. The van der Waals surface area contributed by atoms with Gasteiger partial charge in [-0.05, 0) is 54.0 Å². The van der Waals surface area contributed by atoms with Crippen LogP contribution in [0.5, 0.6) is 0 Å². The second-order valence-electron chi connectivity index (χ2n) is 6.72. The highest BCUT2D eigenvalue weighted by molar-refractivity contribution is 5.85. The topological polar surface area (TPSA) is 63.1 Å². The van der Waals surface area contributed by atoms with Gasteiger partial charge in [-0.3, -0.25) is 0 Å². The Balaban J connectivity index is 2.34. The lowest BCUT2D eigenvalue weighted by Gasteiger charge is -2.15. The van der Waals surface area contributed by atoms with Crippen molar-refractivity contribution in [2.24, 2.45) is 0 Å². The Kier molecular flexibility index (Phi) is 7.52. The SMILES string of the molecule is CCCCc1cnc(-c2ccc(/C=C/C(=O)O)c(C(C)CCC)c2)nc1. The summed E-state index contributed by atoms with van der Waals surface area (Å²) in [5, 5.41) is 8.92. The van der Waals surface area contributed by atoms with Crippen molar-refractivity contribution >= 4 is 12.0 Å². The first-order valence-corrected chi connectivity index (χ1v) is 9.41. The molecule has 0 fully saturated rings. The third-order valence-electron chi connectivity index (χ3n) is 4.53. The monoisotopic (exact) mass is 352 g/mol. The molecular formula is C22H28N2O2. The molecule has 0 aliphatic heterocycles. The molecule has 2 rings (SSSR count). The molecule has 1 unspecified atom stereocenters. The second kappa shape index (κ2) is 9.85. The molecule has 0 radical (unpaired) electrons. The number of hydrogen-bond donors (Lipinski definition) is 1. The Morgan fingerprint density at radius 2 is 1.92 bits per heavy atom. The molecule has 0 aliphatic rings. The number of aryl methyl sites for hydroxylation is 1. The first-order chi connectivity index (χ1) is 12.5. The highest BCUT2D eigenvalue weighted by Gasteiger charge is 2.12. The molecule has 26 heavy (non-hydrogen) atoms. The van der Waals surface area contributed by atoms with Crippen molar-refractivity contribution in [1.29, 1.82) is 0 Å². The van der Waals surface area contributed by atoms with E-state index in [1.54, 1.807) is 6.08 Å². The molecule has 138 valence electrons. The van der Waals surface area contributed by atoms with E-state index in [0.717, 1.165) is 54.4 Å². The summed E-state index contributed by atoms with van der Waals surface area (Å²) < 4.78 is 0. The van der Waals surface area contributed by atoms with Crippen molar-refractivity contribution in [2.75, 3.05) is 0 Å². The van der Waals surface area contributed by atoms with Crippen LogP contribution < -0.4 is 0 Å². The summed E-state index contributed by atoms with van der Waals surface area (Å²) in [6.07, 6.45) is 12.1. The summed E-state index contributed by atoms with van der Waals surface area (Å²) in [4.78, 5) is 19.9. The lowest BCUT2D eigenvalue weighted by Crippen LogP contribution is -1.99. The summed E-state index contributed by atoms with van der Waals surface area (Å²) in [6, 6.07) is 6.03. The van der Waals surface area contributed by atoms with E-state index in [1.165, 1.54) is 6.08 Å². The number of rotatable bonds is 9. The van der Waals surface area contributed by atoms with E-state index in [-0.39, 0.29) is 0 Å². The van der Waals surface area contributed by atoms with Gasteiger partial charge in [-0.15, -0.1) is 0 Å². The fraction of sp³-hybridized carbons (Fsp3) is 0.409. The maximum atomic E-state index is 10.9. The van der Waals surface area contributed by atoms with Gasteiger partial charge in [-0.25, -0.2) is 14.8 Å². The van der Waals surface area contributed by atoms with Gasteiger partial charge < -0.3 is 5.11 Å². The van der Waals surface area contributed by atoms with E-state index in [4.69, 9.17) is 5.11 Å². The highest BCUT2D eigenvalue weighted by Crippen LogP contribution is 2.29. The first-order valence-electron chi connectivity index (χ1n) is 9.41. The normalized spacial score (nSPS) is 12.4. The van der Waals surface area contributed by atoms with Crippen LogP contribution in [-0.4, -0.2) is 21.0 Å². The van der Waals surface area contributed by atoms with Gasteiger partial charge >= 0.3 is 5.97 Å². The quantitative estimate of drug-likeness (QED) is 0.606. The summed E-state index contributed by atoms with van der Waals surface area (Å²) >= 11 is 0. The predicted octanol–water partition coefficient (Wildman–Crippen LogP) is 5.49. The zero-order valence-electron chi connectivity index (χ0n) is 15.9. The molecule has 0 saturated carbocycles. The molecular weight excluding hydrogens is 324 g/mol. The Morgan fingerprint density at radius 1 is 1.19 bits per heavy atom. The van der Waals surface area contributed by atoms with E-state index in [9.17, 15) is 4.79 Å². The van der Waals surface area contributed by atoms with Crippen LogP contribution >= 0.6 is 0 Å². The number of benzene rings is 1. The number of carboxylic acids is 1. The molecule has 1 aromatic heterocycles. The second-order valence-corrected chi connectivity index (χ2v) is 6.72. The van der Waals surface area contributed by atoms with Crippen molar-refractivity contribution in [3.05, 3.63) is 53.4 Å². The number of carbonyl (C=O) groups is 1. The number of nitrogens with zero attached hydrogens (tertiary/aromatic N) is 2. The molecule has 0 bridgehead atoms. The molecule has 0 saturated heterocycles. The standard InChI is InChI=1S/C22H28N2O2/c1-4-6-8-17-14-23-22(24-15-17)19-10-9-18(11-12-21(25)26)20(13-19)16(3)7-5-2/h9-16H,4-8H2,1-3H3,(H,25,26)/b12-11+. The number of carboxylic acid groups (broad SMARTS) is 1. The van der Waals surface area contributed by atoms with Crippen LogP contribution in [0.4, 0.5) is 0 Å². The summed E-state index contributed by atoms with van der Waals surface area (Å²) in [7, 11) is 0. The van der Waals surface area contributed by atoms with Crippen LogP contribution in [0.3, 0.4) is 0 Å². The molecule has 1 atom stereocenters. The van der Waals surface area contributed by atoms with Gasteiger partial charge in [-0.1, -0.05) is 45.7 Å². The largest absolute Gasteiger partial charge is 0.478 e. The maximum Gasteiger partial charge on any atom is 0.328 e. The van der Waals surface area contributed by atoms with Crippen LogP contribution in [-0.2, 0) is 11.2 Å². The van der Waals surface area contributed by atoms with Crippen molar-refractivity contribution in [1.82, 2.24) is 9.97 Å². The van der Waals surface area contributed by atoms with Gasteiger partial charge in [-0.2, -0.15) is 0 Å². The van der Waals surface area contributed by atoms with Gasteiger partial charge in [0.25, 0.3) is 0 Å². The molecule has 2 aromatic rings. The van der Waals surface area contributed by atoms with E-state index in [1.807, 2.05) is 24.5 Å². The number of aliphatic carboxylic acids is 1. The maximum absolute atomic E-state index is 10.9. The van der Waals surface area contributed by atoms with Crippen molar-refractivity contribution in [3.63, 3.8) is 0 Å². The zero-order chi connectivity index (χ0) is 18.9. The molecule has 1 aromatic carbocycles. The van der Waals surface area contributed by atoms with Crippen LogP contribution in [0.25, 0.3) is 17.5 Å². The average Bonchev–Trinajstić information content (AvgIpc) is 2.65. The third kappa shape index (κ3) is 5.51. The number of aromatic nitrogens is 2. The van der Waals surface area contributed by atoms with Gasteiger partial charge in [0.15, 0.2) is 5.82 Å². The Morgan fingerprint density at radius 3 is 2.54 bits per heavy atom. The molecule has 4 heteroatoms. The van der Waals surface area contributed by atoms with Gasteiger partial charge in [0.1, 0.15) is 0 Å². The van der Waals surface area contributed by atoms with Crippen LogP contribution in [0.15, 0.2) is 36.7 Å². The molecule has 0 aliphatic carbocycles. The van der Waals surface area contributed by atoms with Gasteiger partial charge in [0, 0.05) is 24.0 Å².